The first-order valence-corrected chi connectivity index (χ1v) is 12.3. The van der Waals surface area contributed by atoms with Crippen LogP contribution in [0.2, 0.25) is 0 Å². The standard InChI is InChI=1S/C28H32F4O2/c1-3-5-17-6-8-18(9-7-17)19-10-14-23(34-16-19)22-12-11-20(25(29)27(22)31)21-13-15-24(33-4-2)28(32)26(21)30/h3,5,11-13,15,17-19,23H,4,6-10,14,16H2,1-2H3/b5-3+. The molecule has 0 bridgehead atoms. The van der Waals surface area contributed by atoms with Gasteiger partial charge in [-0.15, -0.1) is 0 Å². The molecule has 0 N–H and O–H groups in total. The molecule has 1 saturated heterocycles. The molecule has 2 aliphatic rings. The number of ether oxygens (including phenoxy) is 2. The van der Waals surface area contributed by atoms with Gasteiger partial charge in [0.2, 0.25) is 5.82 Å². The van der Waals surface area contributed by atoms with Crippen molar-refractivity contribution in [1.29, 1.82) is 0 Å². The van der Waals surface area contributed by atoms with Gasteiger partial charge in [-0.3, -0.25) is 0 Å². The number of halogens is 4. The van der Waals surface area contributed by atoms with Crippen LogP contribution in [0.3, 0.4) is 0 Å². The molecule has 4 rings (SSSR count). The quantitative estimate of drug-likeness (QED) is 0.309. The van der Waals surface area contributed by atoms with E-state index in [0.29, 0.717) is 30.8 Å². The summed E-state index contributed by atoms with van der Waals surface area (Å²) in [7, 11) is 0. The minimum atomic E-state index is -1.27. The van der Waals surface area contributed by atoms with Crippen LogP contribution in [0.1, 0.15) is 64.0 Å². The zero-order chi connectivity index (χ0) is 24.2. The lowest BCUT2D eigenvalue weighted by Gasteiger charge is -2.37. The SMILES string of the molecule is C/C=C/C1CCC(C2CCC(c3ccc(-c4ccc(OCC)c(F)c4F)c(F)c3F)OC2)CC1. The predicted octanol–water partition coefficient (Wildman–Crippen LogP) is 8.16. The summed E-state index contributed by atoms with van der Waals surface area (Å²) in [5, 5.41) is 0. The minimum absolute atomic E-state index is 0.128. The third-order valence-electron chi connectivity index (χ3n) is 7.35. The summed E-state index contributed by atoms with van der Waals surface area (Å²) >= 11 is 0. The Morgan fingerprint density at radius 3 is 2.09 bits per heavy atom. The van der Waals surface area contributed by atoms with Crippen LogP contribution in [-0.4, -0.2) is 13.2 Å². The Morgan fingerprint density at radius 1 is 0.824 bits per heavy atom. The highest BCUT2D eigenvalue weighted by Gasteiger charge is 2.33. The molecule has 184 valence electrons. The fraction of sp³-hybridized carbons (Fsp3) is 0.500. The number of allylic oxidation sites excluding steroid dienone is 2. The summed E-state index contributed by atoms with van der Waals surface area (Å²) in [5.74, 6) is -3.29. The highest BCUT2D eigenvalue weighted by atomic mass is 19.2. The summed E-state index contributed by atoms with van der Waals surface area (Å²) in [4.78, 5) is 0. The van der Waals surface area contributed by atoms with Crippen LogP contribution < -0.4 is 4.74 Å². The van der Waals surface area contributed by atoms with Crippen molar-refractivity contribution < 1.29 is 27.0 Å². The summed E-state index contributed by atoms with van der Waals surface area (Å²) in [6.45, 7) is 4.39. The van der Waals surface area contributed by atoms with E-state index in [1.807, 2.05) is 0 Å². The van der Waals surface area contributed by atoms with Crippen molar-refractivity contribution in [3.63, 3.8) is 0 Å². The first-order valence-electron chi connectivity index (χ1n) is 12.3. The lowest BCUT2D eigenvalue weighted by atomic mass is 9.73. The van der Waals surface area contributed by atoms with Crippen molar-refractivity contribution in [3.05, 3.63) is 65.2 Å². The van der Waals surface area contributed by atoms with Gasteiger partial charge >= 0.3 is 0 Å². The van der Waals surface area contributed by atoms with Crippen LogP contribution >= 0.6 is 0 Å². The summed E-state index contributed by atoms with van der Waals surface area (Å²) in [6, 6.07) is 5.14. The molecule has 2 atom stereocenters. The Balaban J connectivity index is 1.45. The largest absolute Gasteiger partial charge is 0.491 e. The minimum Gasteiger partial charge on any atom is -0.491 e. The summed E-state index contributed by atoms with van der Waals surface area (Å²) in [5.41, 5.74) is -0.544. The molecule has 6 heteroatoms. The van der Waals surface area contributed by atoms with Gasteiger partial charge in [0, 0.05) is 16.7 Å². The van der Waals surface area contributed by atoms with E-state index in [9.17, 15) is 13.2 Å². The normalized spacial score (nSPS) is 25.6. The lowest BCUT2D eigenvalue weighted by molar-refractivity contribution is -0.0411. The van der Waals surface area contributed by atoms with Crippen LogP contribution in [0.25, 0.3) is 11.1 Å². The van der Waals surface area contributed by atoms with Crippen LogP contribution in [0.15, 0.2) is 36.4 Å². The third-order valence-corrected chi connectivity index (χ3v) is 7.35. The van der Waals surface area contributed by atoms with Crippen molar-refractivity contribution in [3.8, 4) is 16.9 Å². The van der Waals surface area contributed by atoms with Crippen molar-refractivity contribution in [2.75, 3.05) is 13.2 Å². The van der Waals surface area contributed by atoms with E-state index < -0.39 is 29.4 Å². The first-order chi connectivity index (χ1) is 16.4. The number of benzene rings is 2. The maximum Gasteiger partial charge on any atom is 0.201 e. The molecule has 2 unspecified atom stereocenters. The molecule has 1 saturated carbocycles. The van der Waals surface area contributed by atoms with Crippen LogP contribution in [0, 0.1) is 41.0 Å². The van der Waals surface area contributed by atoms with Crippen molar-refractivity contribution in [2.24, 2.45) is 17.8 Å². The topological polar surface area (TPSA) is 18.5 Å². The molecule has 34 heavy (non-hydrogen) atoms. The molecule has 0 amide bonds. The zero-order valence-corrected chi connectivity index (χ0v) is 19.8. The second kappa shape index (κ2) is 10.9. The average Bonchev–Trinajstić information content (AvgIpc) is 2.85. The highest BCUT2D eigenvalue weighted by molar-refractivity contribution is 5.66. The van der Waals surface area contributed by atoms with Gasteiger partial charge in [-0.1, -0.05) is 24.3 Å². The smallest absolute Gasteiger partial charge is 0.201 e. The van der Waals surface area contributed by atoms with Gasteiger partial charge in [0.25, 0.3) is 0 Å². The van der Waals surface area contributed by atoms with Crippen LogP contribution in [0.4, 0.5) is 17.6 Å². The van der Waals surface area contributed by atoms with E-state index >= 15 is 4.39 Å². The second-order valence-corrected chi connectivity index (χ2v) is 9.36. The molecule has 2 nitrogen and oxygen atoms in total. The number of hydrogen-bond donors (Lipinski definition) is 0. The fourth-order valence-corrected chi connectivity index (χ4v) is 5.50. The molecule has 1 aliphatic heterocycles. The molecule has 1 heterocycles. The van der Waals surface area contributed by atoms with E-state index in [1.165, 1.54) is 49.9 Å². The Hall–Kier alpha value is -2.34. The molecular weight excluding hydrogens is 444 g/mol. The molecule has 0 spiro atoms. The van der Waals surface area contributed by atoms with Crippen LogP contribution in [0.5, 0.6) is 5.75 Å². The van der Waals surface area contributed by atoms with Gasteiger partial charge in [0.1, 0.15) is 0 Å². The van der Waals surface area contributed by atoms with E-state index in [4.69, 9.17) is 9.47 Å². The van der Waals surface area contributed by atoms with Gasteiger partial charge < -0.3 is 9.47 Å². The maximum absolute atomic E-state index is 15.0. The van der Waals surface area contributed by atoms with Gasteiger partial charge in [0.15, 0.2) is 23.2 Å². The maximum atomic E-state index is 15.0. The van der Waals surface area contributed by atoms with E-state index in [2.05, 4.69) is 19.1 Å². The van der Waals surface area contributed by atoms with Crippen molar-refractivity contribution in [1.82, 2.24) is 0 Å². The third kappa shape index (κ3) is 5.02. The molecule has 2 aromatic carbocycles. The molecular formula is C28H32F4O2. The molecule has 1 aliphatic carbocycles. The van der Waals surface area contributed by atoms with E-state index in [0.717, 1.165) is 6.42 Å². The second-order valence-electron chi connectivity index (χ2n) is 9.36. The van der Waals surface area contributed by atoms with Crippen molar-refractivity contribution in [2.45, 2.75) is 58.5 Å². The van der Waals surface area contributed by atoms with Crippen molar-refractivity contribution >= 4 is 0 Å². The van der Waals surface area contributed by atoms with E-state index in [-0.39, 0.29) is 29.0 Å². The Labute approximate surface area is 199 Å². The average molecular weight is 477 g/mol. The fourth-order valence-electron chi connectivity index (χ4n) is 5.50. The Kier molecular flexibility index (Phi) is 7.97. The molecule has 0 radical (unpaired) electrons. The molecule has 2 fully saturated rings. The zero-order valence-electron chi connectivity index (χ0n) is 19.8. The molecule has 2 aromatic rings. The highest BCUT2D eigenvalue weighted by Crippen LogP contribution is 2.42. The Bertz CT molecular complexity index is 1020. The monoisotopic (exact) mass is 476 g/mol. The van der Waals surface area contributed by atoms with Gasteiger partial charge in [-0.25, -0.2) is 13.2 Å². The number of hydrogen-bond acceptors (Lipinski definition) is 2. The summed E-state index contributed by atoms with van der Waals surface area (Å²) in [6.07, 6.45) is 10.1. The Morgan fingerprint density at radius 2 is 1.47 bits per heavy atom. The molecule has 0 aromatic heterocycles. The first kappa shape index (κ1) is 24.8. The van der Waals surface area contributed by atoms with Gasteiger partial charge in [-0.05, 0) is 82.3 Å². The number of rotatable bonds is 6. The lowest BCUT2D eigenvalue weighted by Crippen LogP contribution is -2.29. The van der Waals surface area contributed by atoms with Gasteiger partial charge in [-0.2, -0.15) is 4.39 Å². The predicted molar refractivity (Wildman–Crippen MR) is 125 cm³/mol. The van der Waals surface area contributed by atoms with Crippen LogP contribution in [-0.2, 0) is 4.74 Å². The van der Waals surface area contributed by atoms with E-state index in [1.54, 1.807) is 6.92 Å². The summed E-state index contributed by atoms with van der Waals surface area (Å²) < 4.78 is 69.8. The van der Waals surface area contributed by atoms with Gasteiger partial charge in [0.05, 0.1) is 19.3 Å².